The minimum atomic E-state index is -0.0769. The molecule has 31 heavy (non-hydrogen) atoms. The van der Waals surface area contributed by atoms with Crippen molar-refractivity contribution in [2.24, 2.45) is 5.92 Å². The molecule has 3 aromatic rings. The van der Waals surface area contributed by atoms with Crippen molar-refractivity contribution in [3.8, 4) is 0 Å². The van der Waals surface area contributed by atoms with Gasteiger partial charge >= 0.3 is 0 Å². The smallest absolute Gasteiger partial charge is 0.278 e. The SMILES string of the molecule is Cc1cc2nc(SCC(=O)NCc3ccc(C(C)C)cc3)n(CCC(C)C)c(=O)c2[nH]1. The average Bonchev–Trinajstić information content (AvgIpc) is 3.10. The van der Waals surface area contributed by atoms with Gasteiger partial charge in [0.25, 0.3) is 5.56 Å². The number of rotatable bonds is 9. The Hall–Kier alpha value is -2.54. The Morgan fingerprint density at radius 3 is 2.55 bits per heavy atom. The molecule has 2 heterocycles. The molecule has 6 nitrogen and oxygen atoms in total. The molecule has 2 N–H and O–H groups in total. The van der Waals surface area contributed by atoms with Crippen molar-refractivity contribution >= 4 is 28.7 Å². The fourth-order valence-corrected chi connectivity index (χ4v) is 4.16. The molecular weight excluding hydrogens is 408 g/mol. The lowest BCUT2D eigenvalue weighted by molar-refractivity contribution is -0.118. The van der Waals surface area contributed by atoms with Crippen LogP contribution in [-0.2, 0) is 17.9 Å². The molecular formula is C24H32N4O2S. The number of nitrogens with zero attached hydrogens (tertiary/aromatic N) is 2. The molecule has 0 aliphatic carbocycles. The third-order valence-electron chi connectivity index (χ3n) is 5.24. The van der Waals surface area contributed by atoms with Crippen molar-refractivity contribution in [1.82, 2.24) is 19.9 Å². The molecule has 1 amide bonds. The maximum Gasteiger partial charge on any atom is 0.278 e. The highest BCUT2D eigenvalue weighted by atomic mass is 32.2. The summed E-state index contributed by atoms with van der Waals surface area (Å²) < 4.78 is 1.70. The predicted octanol–water partition coefficient (Wildman–Crippen LogP) is 4.61. The molecule has 0 bridgehead atoms. The molecule has 0 radical (unpaired) electrons. The van der Waals surface area contributed by atoms with Crippen molar-refractivity contribution < 1.29 is 4.79 Å². The largest absolute Gasteiger partial charge is 0.353 e. The minimum Gasteiger partial charge on any atom is -0.353 e. The van der Waals surface area contributed by atoms with E-state index in [0.29, 0.717) is 41.1 Å². The van der Waals surface area contributed by atoms with E-state index in [9.17, 15) is 9.59 Å². The minimum absolute atomic E-state index is 0.0760. The van der Waals surface area contributed by atoms with E-state index in [1.807, 2.05) is 13.0 Å². The molecule has 3 rings (SSSR count). The van der Waals surface area contributed by atoms with Gasteiger partial charge in [-0.05, 0) is 42.4 Å². The van der Waals surface area contributed by atoms with E-state index in [2.05, 4.69) is 67.2 Å². The number of hydrogen-bond acceptors (Lipinski definition) is 4. The zero-order valence-electron chi connectivity index (χ0n) is 19.0. The highest BCUT2D eigenvalue weighted by molar-refractivity contribution is 7.99. The monoisotopic (exact) mass is 440 g/mol. The van der Waals surface area contributed by atoms with E-state index < -0.39 is 0 Å². The first-order valence-corrected chi connectivity index (χ1v) is 11.8. The van der Waals surface area contributed by atoms with Crippen LogP contribution in [0.25, 0.3) is 11.0 Å². The zero-order valence-corrected chi connectivity index (χ0v) is 19.8. The van der Waals surface area contributed by atoms with Crippen LogP contribution in [0.15, 0.2) is 40.3 Å². The van der Waals surface area contributed by atoms with Crippen LogP contribution in [0.2, 0.25) is 0 Å². The Bertz CT molecular complexity index is 1100. The van der Waals surface area contributed by atoms with Crippen LogP contribution in [0, 0.1) is 12.8 Å². The summed E-state index contributed by atoms with van der Waals surface area (Å²) in [5, 5.41) is 3.55. The fraction of sp³-hybridized carbons (Fsp3) is 0.458. The van der Waals surface area contributed by atoms with Crippen LogP contribution in [-0.4, -0.2) is 26.2 Å². The highest BCUT2D eigenvalue weighted by Crippen LogP contribution is 2.19. The van der Waals surface area contributed by atoms with Crippen LogP contribution in [0.3, 0.4) is 0 Å². The van der Waals surface area contributed by atoms with Gasteiger partial charge in [-0.1, -0.05) is 63.7 Å². The Morgan fingerprint density at radius 1 is 1.19 bits per heavy atom. The number of aromatic nitrogens is 3. The summed E-state index contributed by atoms with van der Waals surface area (Å²) >= 11 is 1.31. The summed E-state index contributed by atoms with van der Waals surface area (Å²) in [6.07, 6.45) is 0.874. The number of aryl methyl sites for hydroxylation is 1. The van der Waals surface area contributed by atoms with Gasteiger partial charge < -0.3 is 10.3 Å². The molecule has 0 saturated heterocycles. The van der Waals surface area contributed by atoms with Gasteiger partial charge in [-0.15, -0.1) is 0 Å². The van der Waals surface area contributed by atoms with Crippen molar-refractivity contribution in [3.63, 3.8) is 0 Å². The van der Waals surface area contributed by atoms with E-state index in [4.69, 9.17) is 0 Å². The summed E-state index contributed by atoms with van der Waals surface area (Å²) in [5.74, 6) is 1.10. The number of aromatic amines is 1. The molecule has 0 fully saturated rings. The summed E-state index contributed by atoms with van der Waals surface area (Å²) in [5.41, 5.74) is 4.35. The second-order valence-corrected chi connectivity index (χ2v) is 9.65. The molecule has 0 aliphatic heterocycles. The lowest BCUT2D eigenvalue weighted by atomic mass is 10.0. The van der Waals surface area contributed by atoms with Crippen LogP contribution in [0.4, 0.5) is 0 Å². The van der Waals surface area contributed by atoms with Crippen LogP contribution in [0.5, 0.6) is 0 Å². The first kappa shape index (κ1) is 23.1. The molecule has 2 aromatic heterocycles. The number of H-pyrrole nitrogens is 1. The van der Waals surface area contributed by atoms with E-state index in [0.717, 1.165) is 17.7 Å². The number of carbonyl (C=O) groups is 1. The Labute approximate surface area is 187 Å². The first-order chi connectivity index (χ1) is 14.7. The molecule has 1 aromatic carbocycles. The number of amides is 1. The zero-order chi connectivity index (χ0) is 22.5. The normalized spacial score (nSPS) is 11.6. The quantitative estimate of drug-likeness (QED) is 0.376. The van der Waals surface area contributed by atoms with Gasteiger partial charge in [0.2, 0.25) is 5.91 Å². The maximum absolute atomic E-state index is 13.0. The number of carbonyl (C=O) groups excluding carboxylic acids is 1. The Balaban J connectivity index is 1.67. The average molecular weight is 441 g/mol. The Kier molecular flexibility index (Phi) is 7.59. The molecule has 0 atom stereocenters. The van der Waals surface area contributed by atoms with E-state index in [1.54, 1.807) is 4.57 Å². The summed E-state index contributed by atoms with van der Waals surface area (Å²) in [4.78, 5) is 33.2. The standard InChI is InChI=1S/C24H32N4O2S/c1-15(2)10-11-28-23(30)22-20(12-17(5)26-22)27-24(28)31-14-21(29)25-13-18-6-8-19(9-7-18)16(3)4/h6-9,12,15-16,26H,10-11,13-14H2,1-5H3,(H,25,29). The van der Waals surface area contributed by atoms with Crippen LogP contribution in [0.1, 0.15) is 56.9 Å². The molecule has 7 heteroatoms. The summed E-state index contributed by atoms with van der Waals surface area (Å²) in [6.45, 7) is 11.6. The van der Waals surface area contributed by atoms with E-state index in [-0.39, 0.29) is 17.2 Å². The summed E-state index contributed by atoms with van der Waals surface area (Å²) in [7, 11) is 0. The number of benzene rings is 1. The van der Waals surface area contributed by atoms with Gasteiger partial charge in [0, 0.05) is 18.8 Å². The lowest BCUT2D eigenvalue weighted by Gasteiger charge is -2.13. The molecule has 0 spiro atoms. The van der Waals surface area contributed by atoms with Gasteiger partial charge in [0.15, 0.2) is 5.16 Å². The van der Waals surface area contributed by atoms with Gasteiger partial charge in [0.05, 0.1) is 11.3 Å². The fourth-order valence-electron chi connectivity index (χ4n) is 3.31. The first-order valence-electron chi connectivity index (χ1n) is 10.8. The lowest BCUT2D eigenvalue weighted by Crippen LogP contribution is -2.27. The van der Waals surface area contributed by atoms with E-state index in [1.165, 1.54) is 17.3 Å². The third kappa shape index (κ3) is 6.00. The summed E-state index contributed by atoms with van der Waals surface area (Å²) in [6, 6.07) is 10.2. The van der Waals surface area contributed by atoms with Crippen molar-refractivity contribution in [3.05, 3.63) is 57.5 Å². The second kappa shape index (κ2) is 10.2. The molecule has 0 aliphatic rings. The topological polar surface area (TPSA) is 79.8 Å². The number of thioether (sulfide) groups is 1. The van der Waals surface area contributed by atoms with Crippen molar-refractivity contribution in [2.45, 2.75) is 65.2 Å². The molecule has 0 unspecified atom stereocenters. The van der Waals surface area contributed by atoms with Gasteiger partial charge in [-0.25, -0.2) is 4.98 Å². The molecule has 0 saturated carbocycles. The van der Waals surface area contributed by atoms with Crippen LogP contribution >= 0.6 is 11.8 Å². The second-order valence-electron chi connectivity index (χ2n) is 8.71. The number of fused-ring (bicyclic) bond motifs is 1. The van der Waals surface area contributed by atoms with Gasteiger partial charge in [-0.2, -0.15) is 0 Å². The van der Waals surface area contributed by atoms with Gasteiger partial charge in [0.1, 0.15) is 5.52 Å². The Morgan fingerprint density at radius 2 is 1.90 bits per heavy atom. The van der Waals surface area contributed by atoms with Crippen molar-refractivity contribution in [2.75, 3.05) is 5.75 Å². The maximum atomic E-state index is 13.0. The predicted molar refractivity (Wildman–Crippen MR) is 128 cm³/mol. The number of hydrogen-bond donors (Lipinski definition) is 2. The van der Waals surface area contributed by atoms with E-state index >= 15 is 0 Å². The van der Waals surface area contributed by atoms with Crippen molar-refractivity contribution in [1.29, 1.82) is 0 Å². The number of nitrogens with one attached hydrogen (secondary N) is 2. The van der Waals surface area contributed by atoms with Gasteiger partial charge in [-0.3, -0.25) is 14.2 Å². The third-order valence-corrected chi connectivity index (χ3v) is 6.21. The molecule has 166 valence electrons. The van der Waals surface area contributed by atoms with Crippen LogP contribution < -0.4 is 10.9 Å². The highest BCUT2D eigenvalue weighted by Gasteiger charge is 2.15.